The van der Waals surface area contributed by atoms with Crippen LogP contribution in [0.3, 0.4) is 0 Å². The van der Waals surface area contributed by atoms with Gasteiger partial charge in [-0.1, -0.05) is 5.11 Å². The zero-order chi connectivity index (χ0) is 16.9. The van der Waals surface area contributed by atoms with Crippen LogP contribution in [0.2, 0.25) is 0 Å². The van der Waals surface area contributed by atoms with E-state index >= 15 is 0 Å². The Labute approximate surface area is 130 Å². The average molecular weight is 311 g/mol. The van der Waals surface area contributed by atoms with Crippen molar-refractivity contribution in [3.63, 3.8) is 0 Å². The minimum atomic E-state index is -0.606. The summed E-state index contributed by atoms with van der Waals surface area (Å²) in [6.45, 7) is 5.32. The van der Waals surface area contributed by atoms with Gasteiger partial charge in [-0.2, -0.15) is 0 Å². The number of azide groups is 1. The van der Waals surface area contributed by atoms with Gasteiger partial charge in [-0.15, -0.1) is 0 Å². The average Bonchev–Trinajstić information content (AvgIpc) is 2.37. The van der Waals surface area contributed by atoms with Crippen LogP contribution in [0.4, 0.5) is 4.79 Å². The highest BCUT2D eigenvalue weighted by Crippen LogP contribution is 2.28. The van der Waals surface area contributed by atoms with Gasteiger partial charge < -0.3 is 15.0 Å². The molecule has 0 aromatic rings. The molecule has 0 spiro atoms. The predicted octanol–water partition coefficient (Wildman–Crippen LogP) is 2.45. The third kappa shape index (κ3) is 5.44. The molecule has 22 heavy (non-hydrogen) atoms. The highest BCUT2D eigenvalue weighted by molar-refractivity contribution is 5.78. The molecule has 2 amide bonds. The van der Waals surface area contributed by atoms with Gasteiger partial charge in [0.15, 0.2) is 0 Å². The van der Waals surface area contributed by atoms with Crippen LogP contribution in [-0.4, -0.2) is 48.7 Å². The Balaban J connectivity index is 2.77. The normalized spacial score (nSPS) is 24.9. The third-order valence-corrected chi connectivity index (χ3v) is 3.51. The minimum Gasteiger partial charge on any atom is -0.444 e. The minimum absolute atomic E-state index is 0.0235. The lowest BCUT2D eigenvalue weighted by molar-refractivity contribution is -0.134. The number of nitrogens with one attached hydrogen (secondary N) is 1. The number of carbonyl (C=O) groups excluding carboxylic acids is 2. The third-order valence-electron chi connectivity index (χ3n) is 3.51. The molecule has 0 aromatic heterocycles. The number of rotatable bonds is 3. The summed E-state index contributed by atoms with van der Waals surface area (Å²) >= 11 is 0. The molecule has 124 valence electrons. The van der Waals surface area contributed by atoms with Crippen molar-refractivity contribution >= 4 is 12.0 Å². The van der Waals surface area contributed by atoms with Gasteiger partial charge in [-0.3, -0.25) is 4.79 Å². The lowest BCUT2D eigenvalue weighted by atomic mass is 9.82. The topological polar surface area (TPSA) is 107 Å². The zero-order valence-corrected chi connectivity index (χ0v) is 13.9. The Kier molecular flexibility index (Phi) is 6.05. The van der Waals surface area contributed by atoms with Crippen molar-refractivity contribution < 1.29 is 14.3 Å². The van der Waals surface area contributed by atoms with Gasteiger partial charge in [0.2, 0.25) is 5.91 Å². The predicted molar refractivity (Wildman–Crippen MR) is 82.1 cm³/mol. The summed E-state index contributed by atoms with van der Waals surface area (Å²) in [5.41, 5.74) is 8.05. The molecule has 0 bridgehead atoms. The van der Waals surface area contributed by atoms with Crippen molar-refractivity contribution in [2.75, 3.05) is 14.1 Å². The first kappa shape index (κ1) is 18.1. The second kappa shape index (κ2) is 7.35. The smallest absolute Gasteiger partial charge is 0.407 e. The fourth-order valence-corrected chi connectivity index (χ4v) is 2.56. The van der Waals surface area contributed by atoms with E-state index in [0.29, 0.717) is 19.3 Å². The van der Waals surface area contributed by atoms with Crippen LogP contribution in [0.15, 0.2) is 5.11 Å². The van der Waals surface area contributed by atoms with Crippen molar-refractivity contribution in [2.24, 2.45) is 11.0 Å². The van der Waals surface area contributed by atoms with E-state index in [-0.39, 0.29) is 17.9 Å². The molecule has 0 aliphatic heterocycles. The van der Waals surface area contributed by atoms with Crippen LogP contribution < -0.4 is 5.32 Å². The summed E-state index contributed by atoms with van der Waals surface area (Å²) in [6, 6.07) is -0.753. The maximum atomic E-state index is 12.1. The van der Waals surface area contributed by atoms with E-state index in [1.165, 1.54) is 0 Å². The number of hydrogen-bond acceptors (Lipinski definition) is 4. The fourth-order valence-electron chi connectivity index (χ4n) is 2.56. The van der Waals surface area contributed by atoms with Crippen molar-refractivity contribution in [1.29, 1.82) is 0 Å². The Bertz CT molecular complexity index is 466. The number of ether oxygens (including phenoxy) is 1. The van der Waals surface area contributed by atoms with Gasteiger partial charge in [0, 0.05) is 31.0 Å². The maximum absolute atomic E-state index is 12.1. The first-order valence-corrected chi connectivity index (χ1v) is 7.39. The van der Waals surface area contributed by atoms with Crippen LogP contribution in [0, 0.1) is 5.92 Å². The molecule has 1 aliphatic carbocycles. The molecule has 1 N–H and O–H groups in total. The van der Waals surface area contributed by atoms with Crippen LogP contribution in [0.1, 0.15) is 40.0 Å². The van der Waals surface area contributed by atoms with Crippen molar-refractivity contribution in [2.45, 2.75) is 57.7 Å². The van der Waals surface area contributed by atoms with Crippen molar-refractivity contribution in [3.8, 4) is 0 Å². The lowest BCUT2D eigenvalue weighted by Gasteiger charge is -2.35. The van der Waals surface area contributed by atoms with E-state index in [9.17, 15) is 9.59 Å². The SMILES string of the molecule is CN(C)C(=O)[C@H]1CCC(N=[N+]=[N-])[C@H](NC(=O)OC(C)(C)C)C1. The van der Waals surface area contributed by atoms with Gasteiger partial charge in [0.25, 0.3) is 0 Å². The Morgan fingerprint density at radius 2 is 1.95 bits per heavy atom. The van der Waals surface area contributed by atoms with Crippen LogP contribution in [-0.2, 0) is 9.53 Å². The van der Waals surface area contributed by atoms with E-state index in [1.807, 2.05) is 0 Å². The van der Waals surface area contributed by atoms with Gasteiger partial charge >= 0.3 is 6.09 Å². The number of alkyl carbamates (subject to hydrolysis) is 1. The molecule has 8 heteroatoms. The number of hydrogen-bond donors (Lipinski definition) is 1. The van der Waals surface area contributed by atoms with Crippen molar-refractivity contribution in [3.05, 3.63) is 10.4 Å². The van der Waals surface area contributed by atoms with Crippen LogP contribution in [0.25, 0.3) is 10.4 Å². The van der Waals surface area contributed by atoms with E-state index in [2.05, 4.69) is 15.3 Å². The quantitative estimate of drug-likeness (QED) is 0.491. The summed E-state index contributed by atoms with van der Waals surface area (Å²) in [5, 5.41) is 6.48. The highest BCUT2D eigenvalue weighted by atomic mass is 16.6. The molecule has 0 aromatic carbocycles. The zero-order valence-electron chi connectivity index (χ0n) is 13.9. The molecule has 0 saturated heterocycles. The molecular formula is C14H25N5O3. The Morgan fingerprint density at radius 3 is 2.45 bits per heavy atom. The molecule has 0 radical (unpaired) electrons. The standard InChI is InChI=1S/C14H25N5O3/c1-14(2,3)22-13(21)16-11-8-9(12(20)19(4)5)6-7-10(11)17-18-15/h9-11H,6-8H2,1-5H3,(H,16,21)/t9-,10?,11+/m0/s1. The molecule has 1 fully saturated rings. The first-order valence-electron chi connectivity index (χ1n) is 7.39. The molecular weight excluding hydrogens is 286 g/mol. The molecule has 3 atom stereocenters. The summed E-state index contributed by atoms with van der Waals surface area (Å²) in [5.74, 6) is -0.157. The van der Waals surface area contributed by atoms with E-state index in [0.717, 1.165) is 0 Å². The molecule has 1 unspecified atom stereocenters. The van der Waals surface area contributed by atoms with E-state index in [4.69, 9.17) is 10.3 Å². The number of amides is 2. The van der Waals surface area contributed by atoms with Crippen LogP contribution in [0.5, 0.6) is 0 Å². The summed E-state index contributed by atoms with van der Waals surface area (Å²) < 4.78 is 5.23. The highest BCUT2D eigenvalue weighted by Gasteiger charge is 2.35. The molecule has 0 heterocycles. The van der Waals surface area contributed by atoms with E-state index in [1.54, 1.807) is 39.8 Å². The molecule has 1 saturated carbocycles. The van der Waals surface area contributed by atoms with E-state index < -0.39 is 17.7 Å². The monoisotopic (exact) mass is 311 g/mol. The van der Waals surface area contributed by atoms with Gasteiger partial charge in [0.05, 0.1) is 6.04 Å². The Hall–Kier alpha value is -1.95. The molecule has 8 nitrogen and oxygen atoms in total. The number of carbonyl (C=O) groups is 2. The Morgan fingerprint density at radius 1 is 1.32 bits per heavy atom. The maximum Gasteiger partial charge on any atom is 0.407 e. The van der Waals surface area contributed by atoms with Gasteiger partial charge in [-0.25, -0.2) is 4.79 Å². The van der Waals surface area contributed by atoms with Crippen LogP contribution >= 0.6 is 0 Å². The van der Waals surface area contributed by atoms with Crippen molar-refractivity contribution in [1.82, 2.24) is 10.2 Å². The summed E-state index contributed by atoms with van der Waals surface area (Å²) in [6.07, 6.45) is 1.09. The summed E-state index contributed by atoms with van der Waals surface area (Å²) in [7, 11) is 3.41. The number of nitrogens with zero attached hydrogens (tertiary/aromatic N) is 4. The molecule has 1 rings (SSSR count). The van der Waals surface area contributed by atoms with Gasteiger partial charge in [-0.05, 0) is 45.6 Å². The summed E-state index contributed by atoms with van der Waals surface area (Å²) in [4.78, 5) is 28.4. The first-order chi connectivity index (χ1) is 10.1. The second-order valence-corrected chi connectivity index (χ2v) is 6.77. The molecule has 1 aliphatic rings. The van der Waals surface area contributed by atoms with Gasteiger partial charge in [0.1, 0.15) is 5.60 Å². The second-order valence-electron chi connectivity index (χ2n) is 6.77. The largest absolute Gasteiger partial charge is 0.444 e. The lowest BCUT2D eigenvalue weighted by Crippen LogP contribution is -2.49. The fraction of sp³-hybridized carbons (Fsp3) is 0.857.